The summed E-state index contributed by atoms with van der Waals surface area (Å²) in [7, 11) is 2.81. The highest BCUT2D eigenvalue weighted by Crippen LogP contribution is 2.23. The Morgan fingerprint density at radius 3 is 1.58 bits per heavy atom. The lowest BCUT2D eigenvalue weighted by Crippen LogP contribution is -2.53. The maximum absolute atomic E-state index is 12.4. The highest BCUT2D eigenvalue weighted by atomic mass is 16.2. The maximum Gasteiger partial charge on any atom is 0.333 e. The van der Waals surface area contributed by atoms with Gasteiger partial charge in [-0.1, -0.05) is 0 Å². The maximum atomic E-state index is 12.4. The van der Waals surface area contributed by atoms with Gasteiger partial charge in [0.25, 0.3) is 11.8 Å². The van der Waals surface area contributed by atoms with Crippen LogP contribution >= 0.6 is 0 Å². The second kappa shape index (κ2) is 7.93. The van der Waals surface area contributed by atoms with Gasteiger partial charge < -0.3 is 9.80 Å². The van der Waals surface area contributed by atoms with E-state index in [1.165, 1.54) is 52.6 Å². The Balaban J connectivity index is 1.90. The largest absolute Gasteiger partial charge is 0.358 e. The predicted molar refractivity (Wildman–Crippen MR) is 98.0 cm³/mol. The number of hydrogen-bond donors (Lipinski definition) is 0. The third kappa shape index (κ3) is 3.61. The molecule has 0 saturated carbocycles. The van der Waals surface area contributed by atoms with Gasteiger partial charge in [0.15, 0.2) is 0 Å². The molecule has 0 aromatic rings. The van der Waals surface area contributed by atoms with Crippen molar-refractivity contribution in [2.45, 2.75) is 38.5 Å². The second-order valence-corrected chi connectivity index (χ2v) is 7.21. The summed E-state index contributed by atoms with van der Waals surface area (Å²) in [5.74, 6) is 0.0247. The van der Waals surface area contributed by atoms with Crippen LogP contribution in [-0.2, 0) is 9.59 Å². The number of imide groups is 2. The molecule has 3 fully saturated rings. The van der Waals surface area contributed by atoms with Gasteiger partial charge in [-0.15, -0.1) is 0 Å². The lowest BCUT2D eigenvalue weighted by Gasteiger charge is -2.40. The molecule has 0 unspecified atom stereocenters. The number of nitrogens with zero attached hydrogens (tertiary/aromatic N) is 4. The highest BCUT2D eigenvalue weighted by molar-refractivity contribution is 6.28. The molecule has 142 valence electrons. The molecule has 3 aliphatic heterocycles. The van der Waals surface area contributed by atoms with Gasteiger partial charge >= 0.3 is 6.03 Å². The Labute approximate surface area is 154 Å². The lowest BCUT2D eigenvalue weighted by atomic mass is 10.1. The van der Waals surface area contributed by atoms with Gasteiger partial charge in [0, 0.05) is 40.3 Å². The summed E-state index contributed by atoms with van der Waals surface area (Å²) in [5, 5.41) is 0. The molecule has 0 bridgehead atoms. The SMILES string of the molecule is CN1C(=O)C(=CC=C(N2CCCCC2)N2CCCCC2)C(=O)N(C)C1=O. The lowest BCUT2D eigenvalue weighted by molar-refractivity contribution is -0.134. The van der Waals surface area contributed by atoms with E-state index in [0.29, 0.717) is 0 Å². The van der Waals surface area contributed by atoms with Crippen molar-refractivity contribution in [3.05, 3.63) is 23.5 Å². The number of likely N-dealkylation sites (tertiary alicyclic amines) is 2. The smallest absolute Gasteiger partial charge is 0.333 e. The van der Waals surface area contributed by atoms with Gasteiger partial charge in [-0.05, 0) is 50.7 Å². The minimum absolute atomic E-state index is 0.0427. The Kier molecular flexibility index (Phi) is 5.64. The summed E-state index contributed by atoms with van der Waals surface area (Å²) >= 11 is 0. The van der Waals surface area contributed by atoms with E-state index in [0.717, 1.165) is 41.8 Å². The third-order valence-electron chi connectivity index (χ3n) is 5.40. The van der Waals surface area contributed by atoms with Crippen molar-refractivity contribution in [3.63, 3.8) is 0 Å². The van der Waals surface area contributed by atoms with Crippen molar-refractivity contribution in [2.24, 2.45) is 0 Å². The average molecular weight is 360 g/mol. The molecular formula is C19H28N4O3. The topological polar surface area (TPSA) is 64.2 Å². The van der Waals surface area contributed by atoms with Crippen molar-refractivity contribution in [2.75, 3.05) is 40.3 Å². The molecular weight excluding hydrogens is 332 g/mol. The predicted octanol–water partition coefficient (Wildman–Crippen LogP) is 1.78. The van der Waals surface area contributed by atoms with Crippen molar-refractivity contribution < 1.29 is 14.4 Å². The molecule has 0 aliphatic carbocycles. The highest BCUT2D eigenvalue weighted by Gasteiger charge is 2.37. The minimum atomic E-state index is -0.589. The monoisotopic (exact) mass is 360 g/mol. The van der Waals surface area contributed by atoms with Gasteiger partial charge in [0.2, 0.25) is 0 Å². The van der Waals surface area contributed by atoms with Gasteiger partial charge in [-0.2, -0.15) is 0 Å². The summed E-state index contributed by atoms with van der Waals surface area (Å²) in [5.41, 5.74) is 0.0427. The number of carbonyl (C=O) groups excluding carboxylic acids is 3. The van der Waals surface area contributed by atoms with Gasteiger partial charge in [0.1, 0.15) is 11.4 Å². The number of piperidine rings is 2. The quantitative estimate of drug-likeness (QED) is 0.567. The molecule has 0 aromatic heterocycles. The molecule has 4 amide bonds. The number of urea groups is 1. The molecule has 7 nitrogen and oxygen atoms in total. The van der Waals surface area contributed by atoms with Gasteiger partial charge in [-0.3, -0.25) is 19.4 Å². The third-order valence-corrected chi connectivity index (χ3v) is 5.40. The van der Waals surface area contributed by atoms with Crippen LogP contribution in [0.5, 0.6) is 0 Å². The van der Waals surface area contributed by atoms with E-state index in [1.54, 1.807) is 6.08 Å². The molecule has 0 N–H and O–H groups in total. The first-order valence-corrected chi connectivity index (χ1v) is 9.52. The van der Waals surface area contributed by atoms with Crippen LogP contribution in [0.1, 0.15) is 38.5 Å². The molecule has 0 spiro atoms. The number of hydrogen-bond acceptors (Lipinski definition) is 5. The first kappa shape index (κ1) is 18.5. The molecule has 0 aromatic carbocycles. The standard InChI is InChI=1S/C19H28N4O3/c1-20-17(24)15(18(25)21(2)19(20)26)9-10-16(22-11-5-3-6-12-22)23-13-7-4-8-14-23/h9-10H,3-8,11-14H2,1-2H3. The fourth-order valence-electron chi connectivity index (χ4n) is 3.81. The summed E-state index contributed by atoms with van der Waals surface area (Å²) in [6.07, 6.45) is 10.7. The van der Waals surface area contributed by atoms with Crippen molar-refractivity contribution in [3.8, 4) is 0 Å². The fraction of sp³-hybridized carbons (Fsp3) is 0.632. The normalized spacial score (nSPS) is 22.1. The fourth-order valence-corrected chi connectivity index (χ4v) is 3.81. The molecule has 26 heavy (non-hydrogen) atoms. The molecule has 7 heteroatoms. The van der Waals surface area contributed by atoms with Gasteiger partial charge in [0.05, 0.1) is 0 Å². The first-order valence-electron chi connectivity index (χ1n) is 9.52. The van der Waals surface area contributed by atoms with Crippen LogP contribution in [0.2, 0.25) is 0 Å². The zero-order valence-electron chi connectivity index (χ0n) is 15.7. The summed E-state index contributed by atoms with van der Waals surface area (Å²) in [6.45, 7) is 4.02. The molecule has 3 rings (SSSR count). The first-order chi connectivity index (χ1) is 12.5. The second-order valence-electron chi connectivity index (χ2n) is 7.21. The van der Waals surface area contributed by atoms with Crippen molar-refractivity contribution in [1.29, 1.82) is 0 Å². The van der Waals surface area contributed by atoms with E-state index >= 15 is 0 Å². The van der Waals surface area contributed by atoms with Gasteiger partial charge in [-0.25, -0.2) is 4.79 Å². The number of barbiturate groups is 1. The van der Waals surface area contributed by atoms with Crippen LogP contribution in [0, 0.1) is 0 Å². The van der Waals surface area contributed by atoms with Crippen molar-refractivity contribution >= 4 is 17.8 Å². The molecule has 0 radical (unpaired) electrons. The molecule has 3 aliphatic rings. The van der Waals surface area contributed by atoms with E-state index in [2.05, 4.69) is 9.80 Å². The Morgan fingerprint density at radius 1 is 0.731 bits per heavy atom. The number of amides is 4. The summed E-state index contributed by atoms with van der Waals surface area (Å²) in [6, 6.07) is -0.589. The molecule has 3 heterocycles. The van der Waals surface area contributed by atoms with Crippen LogP contribution in [0.15, 0.2) is 23.5 Å². The van der Waals surface area contributed by atoms with E-state index in [9.17, 15) is 14.4 Å². The summed E-state index contributed by atoms with van der Waals surface area (Å²) in [4.78, 5) is 43.4. The zero-order chi connectivity index (χ0) is 18.7. The Morgan fingerprint density at radius 2 is 1.15 bits per heavy atom. The van der Waals surface area contributed by atoms with Crippen LogP contribution in [-0.4, -0.2) is 77.7 Å². The Hall–Kier alpha value is -2.31. The molecule has 3 saturated heterocycles. The van der Waals surface area contributed by atoms with Crippen LogP contribution < -0.4 is 0 Å². The molecule has 0 atom stereocenters. The minimum Gasteiger partial charge on any atom is -0.358 e. The van der Waals surface area contributed by atoms with Crippen LogP contribution in [0.25, 0.3) is 0 Å². The number of carbonyl (C=O) groups is 3. The van der Waals surface area contributed by atoms with Crippen LogP contribution in [0.4, 0.5) is 4.79 Å². The van der Waals surface area contributed by atoms with E-state index in [-0.39, 0.29) is 5.57 Å². The Bertz CT molecular complexity index is 597. The van der Waals surface area contributed by atoms with E-state index in [4.69, 9.17) is 0 Å². The number of likely N-dealkylation sites (N-methyl/N-ethyl adjacent to an activating group) is 2. The van der Waals surface area contributed by atoms with E-state index < -0.39 is 17.8 Å². The number of allylic oxidation sites excluding steroid dienone is 2. The number of rotatable bonds is 3. The van der Waals surface area contributed by atoms with Crippen LogP contribution in [0.3, 0.4) is 0 Å². The summed E-state index contributed by atoms with van der Waals surface area (Å²) < 4.78 is 0. The van der Waals surface area contributed by atoms with Crippen molar-refractivity contribution in [1.82, 2.24) is 19.6 Å². The van der Waals surface area contributed by atoms with E-state index in [1.807, 2.05) is 6.08 Å². The zero-order valence-corrected chi connectivity index (χ0v) is 15.7. The average Bonchev–Trinajstić information content (AvgIpc) is 2.69.